The first-order valence-electron chi connectivity index (χ1n) is 7.82. The van der Waals surface area contributed by atoms with E-state index in [-0.39, 0.29) is 11.5 Å². The van der Waals surface area contributed by atoms with Gasteiger partial charge in [0.25, 0.3) is 0 Å². The minimum atomic E-state index is 0.0403. The predicted molar refractivity (Wildman–Crippen MR) is 92.0 cm³/mol. The highest BCUT2D eigenvalue weighted by Crippen LogP contribution is 2.24. The van der Waals surface area contributed by atoms with Crippen molar-refractivity contribution >= 4 is 11.6 Å². The van der Waals surface area contributed by atoms with E-state index in [2.05, 4.69) is 9.88 Å². The summed E-state index contributed by atoms with van der Waals surface area (Å²) in [6, 6.07) is 7.80. The maximum Gasteiger partial charge on any atom is 0.187 e. The topological polar surface area (TPSA) is 45.3 Å². The van der Waals surface area contributed by atoms with Crippen molar-refractivity contribution in [2.45, 2.75) is 26.5 Å². The second kappa shape index (κ2) is 6.87. The van der Waals surface area contributed by atoms with E-state index in [1.165, 1.54) is 0 Å². The van der Waals surface area contributed by atoms with E-state index >= 15 is 0 Å². The standard InChI is InChI=1S/C18H21ClN2O2/c1-12-9-20-16(13(2)18(12)22)10-21-7-8-23-17(11-21)14-3-5-15(19)6-4-14/h3-6,9,17H,7-8,10-11H2,1-2H3,(H,20,22). The van der Waals surface area contributed by atoms with Crippen molar-refractivity contribution in [3.63, 3.8) is 0 Å². The van der Waals surface area contributed by atoms with E-state index in [0.717, 1.165) is 47.0 Å². The number of aromatic amines is 1. The van der Waals surface area contributed by atoms with Crippen molar-refractivity contribution in [1.82, 2.24) is 9.88 Å². The molecule has 122 valence electrons. The Morgan fingerprint density at radius 1 is 1.30 bits per heavy atom. The van der Waals surface area contributed by atoms with Crippen LogP contribution in [0.5, 0.6) is 0 Å². The number of aromatic nitrogens is 1. The van der Waals surface area contributed by atoms with Gasteiger partial charge >= 0.3 is 0 Å². The number of benzene rings is 1. The van der Waals surface area contributed by atoms with Crippen LogP contribution >= 0.6 is 11.6 Å². The Kier molecular flexibility index (Phi) is 4.85. The summed E-state index contributed by atoms with van der Waals surface area (Å²) in [5.74, 6) is 0. The summed E-state index contributed by atoms with van der Waals surface area (Å²) < 4.78 is 5.89. The first kappa shape index (κ1) is 16.2. The Balaban J connectivity index is 1.73. The molecular formula is C18H21ClN2O2. The third kappa shape index (κ3) is 3.66. The van der Waals surface area contributed by atoms with Gasteiger partial charge in [0.15, 0.2) is 5.43 Å². The number of H-pyrrole nitrogens is 1. The normalized spacial score (nSPS) is 19.0. The number of nitrogens with zero attached hydrogens (tertiary/aromatic N) is 1. The van der Waals surface area contributed by atoms with E-state index in [1.54, 1.807) is 6.20 Å². The van der Waals surface area contributed by atoms with E-state index in [0.29, 0.717) is 6.61 Å². The van der Waals surface area contributed by atoms with Crippen LogP contribution in [0.25, 0.3) is 0 Å². The van der Waals surface area contributed by atoms with Gasteiger partial charge in [-0.15, -0.1) is 0 Å². The predicted octanol–water partition coefficient (Wildman–Crippen LogP) is 3.22. The van der Waals surface area contributed by atoms with Gasteiger partial charge in [0.1, 0.15) is 0 Å². The quantitative estimate of drug-likeness (QED) is 0.938. The van der Waals surface area contributed by atoms with Gasteiger partial charge in [0, 0.05) is 47.7 Å². The van der Waals surface area contributed by atoms with Crippen LogP contribution in [-0.2, 0) is 11.3 Å². The zero-order valence-electron chi connectivity index (χ0n) is 13.4. The molecule has 1 aromatic carbocycles. The van der Waals surface area contributed by atoms with Crippen LogP contribution in [0.2, 0.25) is 5.02 Å². The third-order valence-electron chi connectivity index (χ3n) is 4.39. The third-order valence-corrected chi connectivity index (χ3v) is 4.64. The molecular weight excluding hydrogens is 312 g/mol. The number of halogens is 1. The van der Waals surface area contributed by atoms with Crippen molar-refractivity contribution < 1.29 is 4.74 Å². The largest absolute Gasteiger partial charge is 0.371 e. The first-order valence-corrected chi connectivity index (χ1v) is 8.19. The Morgan fingerprint density at radius 2 is 2.04 bits per heavy atom. The van der Waals surface area contributed by atoms with E-state index in [9.17, 15) is 4.79 Å². The molecule has 0 saturated carbocycles. The molecule has 2 heterocycles. The molecule has 1 unspecified atom stereocenters. The molecule has 1 fully saturated rings. The van der Waals surface area contributed by atoms with Gasteiger partial charge in [-0.1, -0.05) is 23.7 Å². The molecule has 0 radical (unpaired) electrons. The second-order valence-corrected chi connectivity index (χ2v) is 6.49. The van der Waals surface area contributed by atoms with E-state index in [1.807, 2.05) is 38.1 Å². The lowest BCUT2D eigenvalue weighted by molar-refractivity contribution is -0.0333. The Hall–Kier alpha value is -1.62. The molecule has 2 aromatic rings. The summed E-state index contributed by atoms with van der Waals surface area (Å²) in [5, 5.41) is 0.731. The molecule has 0 aliphatic carbocycles. The van der Waals surface area contributed by atoms with Gasteiger partial charge < -0.3 is 9.72 Å². The van der Waals surface area contributed by atoms with Gasteiger partial charge in [-0.3, -0.25) is 9.69 Å². The fourth-order valence-electron chi connectivity index (χ4n) is 2.92. The number of rotatable bonds is 3. The zero-order chi connectivity index (χ0) is 16.4. The summed E-state index contributed by atoms with van der Waals surface area (Å²) in [6.45, 7) is 6.80. The smallest absolute Gasteiger partial charge is 0.187 e. The lowest BCUT2D eigenvalue weighted by atomic mass is 10.1. The SMILES string of the molecule is Cc1c[nH]c(CN2CCOC(c3ccc(Cl)cc3)C2)c(C)c1=O. The maximum atomic E-state index is 12.1. The zero-order valence-corrected chi connectivity index (χ0v) is 14.2. The molecule has 0 amide bonds. The molecule has 1 saturated heterocycles. The number of aryl methyl sites for hydroxylation is 1. The lowest BCUT2D eigenvalue weighted by Gasteiger charge is -2.33. The molecule has 0 bridgehead atoms. The molecule has 1 aliphatic heterocycles. The second-order valence-electron chi connectivity index (χ2n) is 6.05. The highest BCUT2D eigenvalue weighted by molar-refractivity contribution is 6.30. The van der Waals surface area contributed by atoms with Crippen molar-refractivity contribution in [2.24, 2.45) is 0 Å². The van der Waals surface area contributed by atoms with Crippen molar-refractivity contribution in [2.75, 3.05) is 19.7 Å². The van der Waals surface area contributed by atoms with Gasteiger partial charge in [-0.05, 0) is 31.5 Å². The van der Waals surface area contributed by atoms with E-state index < -0.39 is 0 Å². The summed E-state index contributed by atoms with van der Waals surface area (Å²) in [4.78, 5) is 17.6. The highest BCUT2D eigenvalue weighted by atomic mass is 35.5. The fourth-order valence-corrected chi connectivity index (χ4v) is 3.04. The molecule has 1 aromatic heterocycles. The minimum absolute atomic E-state index is 0.0403. The summed E-state index contributed by atoms with van der Waals surface area (Å²) in [5.41, 5.74) is 3.80. The minimum Gasteiger partial charge on any atom is -0.371 e. The molecule has 5 heteroatoms. The van der Waals surface area contributed by atoms with Crippen LogP contribution in [0.1, 0.15) is 28.5 Å². The van der Waals surface area contributed by atoms with Crippen molar-refractivity contribution in [3.05, 3.63) is 68.1 Å². The van der Waals surface area contributed by atoms with Crippen LogP contribution in [0, 0.1) is 13.8 Å². The molecule has 1 atom stereocenters. The Labute approximate surface area is 141 Å². The molecule has 1 N–H and O–H groups in total. The summed E-state index contributed by atoms with van der Waals surface area (Å²) in [6.07, 6.45) is 1.83. The van der Waals surface area contributed by atoms with Crippen LogP contribution < -0.4 is 5.43 Å². The number of nitrogens with one attached hydrogen (secondary N) is 1. The number of morpholine rings is 1. The number of ether oxygens (including phenoxy) is 1. The molecule has 1 aliphatic rings. The van der Waals surface area contributed by atoms with Crippen LogP contribution in [0.15, 0.2) is 35.3 Å². The van der Waals surface area contributed by atoms with Crippen LogP contribution in [-0.4, -0.2) is 29.6 Å². The summed E-state index contributed by atoms with van der Waals surface area (Å²) >= 11 is 5.95. The maximum absolute atomic E-state index is 12.1. The first-order chi connectivity index (χ1) is 11.0. The molecule has 3 rings (SSSR count). The lowest BCUT2D eigenvalue weighted by Crippen LogP contribution is -2.38. The average Bonchev–Trinajstić information content (AvgIpc) is 2.56. The van der Waals surface area contributed by atoms with Gasteiger partial charge in [0.2, 0.25) is 0 Å². The average molecular weight is 333 g/mol. The fraction of sp³-hybridized carbons (Fsp3) is 0.389. The highest BCUT2D eigenvalue weighted by Gasteiger charge is 2.22. The Morgan fingerprint density at radius 3 is 2.78 bits per heavy atom. The van der Waals surface area contributed by atoms with Gasteiger partial charge in [-0.2, -0.15) is 0 Å². The van der Waals surface area contributed by atoms with Crippen molar-refractivity contribution in [1.29, 1.82) is 0 Å². The van der Waals surface area contributed by atoms with E-state index in [4.69, 9.17) is 16.3 Å². The van der Waals surface area contributed by atoms with Crippen LogP contribution in [0.3, 0.4) is 0 Å². The number of pyridine rings is 1. The monoisotopic (exact) mass is 332 g/mol. The summed E-state index contributed by atoms with van der Waals surface area (Å²) in [7, 11) is 0. The van der Waals surface area contributed by atoms with Crippen LogP contribution in [0.4, 0.5) is 0 Å². The van der Waals surface area contributed by atoms with Gasteiger partial charge in [0.05, 0.1) is 12.7 Å². The van der Waals surface area contributed by atoms with Crippen molar-refractivity contribution in [3.8, 4) is 0 Å². The number of hydrogen-bond donors (Lipinski definition) is 1. The molecule has 23 heavy (non-hydrogen) atoms. The molecule has 4 nitrogen and oxygen atoms in total. The molecule has 0 spiro atoms. The Bertz CT molecular complexity index is 740. The van der Waals surface area contributed by atoms with Gasteiger partial charge in [-0.25, -0.2) is 0 Å². The number of hydrogen-bond acceptors (Lipinski definition) is 3.